The molecule has 7 nitrogen and oxygen atoms in total. The van der Waals surface area contributed by atoms with Gasteiger partial charge in [0.25, 0.3) is 5.91 Å². The Balaban J connectivity index is 1.59. The molecule has 0 unspecified atom stereocenters. The van der Waals surface area contributed by atoms with E-state index in [1.54, 1.807) is 4.68 Å². The van der Waals surface area contributed by atoms with Crippen molar-refractivity contribution in [3.8, 4) is 0 Å². The topological polar surface area (TPSA) is 88.5 Å². The Morgan fingerprint density at radius 2 is 2.30 bits per heavy atom. The van der Waals surface area contributed by atoms with Gasteiger partial charge in [-0.2, -0.15) is 10.2 Å². The third-order valence-electron chi connectivity index (χ3n) is 3.71. The van der Waals surface area contributed by atoms with Crippen molar-refractivity contribution in [2.75, 3.05) is 6.54 Å². The summed E-state index contributed by atoms with van der Waals surface area (Å²) in [4.78, 5) is 16.3. The van der Waals surface area contributed by atoms with Gasteiger partial charge in [0.1, 0.15) is 12.2 Å². The summed E-state index contributed by atoms with van der Waals surface area (Å²) in [6.07, 6.45) is 6.41. The van der Waals surface area contributed by atoms with E-state index < -0.39 is 0 Å². The van der Waals surface area contributed by atoms with Crippen molar-refractivity contribution in [3.63, 3.8) is 0 Å². The van der Waals surface area contributed by atoms with Crippen LogP contribution in [0.3, 0.4) is 0 Å². The molecule has 0 radical (unpaired) electrons. The summed E-state index contributed by atoms with van der Waals surface area (Å²) in [5, 5.41) is 14.0. The van der Waals surface area contributed by atoms with Gasteiger partial charge in [-0.15, -0.1) is 0 Å². The standard InChI is InChI=1S/C13H18N6O/c1-19-11(15-8-16-19)6-7-14-13(20)12-9-4-2-3-5-10(9)17-18-12/h8H,2-7H2,1H3,(H,14,20)(H,17,18). The van der Waals surface area contributed by atoms with E-state index in [2.05, 4.69) is 25.6 Å². The van der Waals surface area contributed by atoms with Gasteiger partial charge in [-0.05, 0) is 25.7 Å². The number of hydrogen-bond donors (Lipinski definition) is 2. The maximum Gasteiger partial charge on any atom is 0.272 e. The largest absolute Gasteiger partial charge is 0.350 e. The second-order valence-corrected chi connectivity index (χ2v) is 5.04. The zero-order valence-corrected chi connectivity index (χ0v) is 11.5. The summed E-state index contributed by atoms with van der Waals surface area (Å²) in [7, 11) is 1.84. The highest BCUT2D eigenvalue weighted by Gasteiger charge is 2.21. The molecule has 20 heavy (non-hydrogen) atoms. The fourth-order valence-electron chi connectivity index (χ4n) is 2.59. The van der Waals surface area contributed by atoms with Crippen molar-refractivity contribution in [3.05, 3.63) is 29.1 Å². The van der Waals surface area contributed by atoms with Crippen LogP contribution in [0, 0.1) is 0 Å². The number of nitrogens with zero attached hydrogens (tertiary/aromatic N) is 4. The summed E-state index contributed by atoms with van der Waals surface area (Å²) in [6.45, 7) is 0.535. The summed E-state index contributed by atoms with van der Waals surface area (Å²) < 4.78 is 1.71. The second kappa shape index (κ2) is 5.44. The van der Waals surface area contributed by atoms with Gasteiger partial charge in [0.05, 0.1) is 0 Å². The van der Waals surface area contributed by atoms with Crippen molar-refractivity contribution in [2.45, 2.75) is 32.1 Å². The van der Waals surface area contributed by atoms with E-state index in [1.165, 1.54) is 12.7 Å². The molecule has 0 fully saturated rings. The van der Waals surface area contributed by atoms with Crippen LogP contribution >= 0.6 is 0 Å². The first-order valence-corrected chi connectivity index (χ1v) is 6.93. The van der Waals surface area contributed by atoms with Crippen LogP contribution in [0.1, 0.15) is 40.4 Å². The minimum atomic E-state index is -0.105. The molecule has 2 aromatic rings. The number of aromatic amines is 1. The Morgan fingerprint density at radius 3 is 3.10 bits per heavy atom. The predicted molar refractivity (Wildman–Crippen MR) is 72.3 cm³/mol. The first kappa shape index (κ1) is 12.8. The van der Waals surface area contributed by atoms with E-state index >= 15 is 0 Å². The molecule has 1 amide bonds. The van der Waals surface area contributed by atoms with Gasteiger partial charge in [0, 0.05) is 31.3 Å². The Labute approximate surface area is 116 Å². The lowest BCUT2D eigenvalue weighted by molar-refractivity contribution is 0.0948. The fraction of sp³-hybridized carbons (Fsp3) is 0.538. The normalized spacial score (nSPS) is 14.1. The maximum absolute atomic E-state index is 12.2. The lowest BCUT2D eigenvalue weighted by atomic mass is 9.96. The number of carbonyl (C=O) groups is 1. The number of fused-ring (bicyclic) bond motifs is 1. The summed E-state index contributed by atoms with van der Waals surface area (Å²) in [5.74, 6) is 0.751. The molecule has 0 saturated carbocycles. The third kappa shape index (κ3) is 2.43. The summed E-state index contributed by atoms with van der Waals surface area (Å²) in [5.41, 5.74) is 2.76. The number of aromatic nitrogens is 5. The highest BCUT2D eigenvalue weighted by molar-refractivity contribution is 5.94. The molecule has 3 rings (SSSR count). The van der Waals surface area contributed by atoms with Gasteiger partial charge in [0.2, 0.25) is 0 Å². The molecule has 2 N–H and O–H groups in total. The Kier molecular flexibility index (Phi) is 3.49. The number of hydrogen-bond acceptors (Lipinski definition) is 4. The predicted octanol–water partition coefficient (Wildman–Crippen LogP) is 0.389. The van der Waals surface area contributed by atoms with Gasteiger partial charge >= 0.3 is 0 Å². The van der Waals surface area contributed by atoms with Crippen LogP contribution in [0.4, 0.5) is 0 Å². The van der Waals surface area contributed by atoms with Crippen molar-refractivity contribution >= 4 is 5.91 Å². The van der Waals surface area contributed by atoms with Gasteiger partial charge in [-0.1, -0.05) is 0 Å². The van der Waals surface area contributed by atoms with Crippen LogP contribution in [-0.4, -0.2) is 37.4 Å². The van der Waals surface area contributed by atoms with Crippen LogP contribution < -0.4 is 5.32 Å². The lowest BCUT2D eigenvalue weighted by Crippen LogP contribution is -2.27. The number of carbonyl (C=O) groups excluding carboxylic acids is 1. The number of amides is 1. The molecule has 0 saturated heterocycles. The van der Waals surface area contributed by atoms with Gasteiger partial charge < -0.3 is 5.32 Å². The average Bonchev–Trinajstić information content (AvgIpc) is 3.05. The Bertz CT molecular complexity index is 614. The molecule has 2 aromatic heterocycles. The summed E-state index contributed by atoms with van der Waals surface area (Å²) in [6, 6.07) is 0. The van der Waals surface area contributed by atoms with Gasteiger partial charge in [0.15, 0.2) is 5.69 Å². The molecule has 1 aliphatic carbocycles. The minimum absolute atomic E-state index is 0.105. The van der Waals surface area contributed by atoms with Gasteiger partial charge in [-0.25, -0.2) is 4.98 Å². The molecule has 1 aliphatic rings. The van der Waals surface area contributed by atoms with Crippen LogP contribution in [0.2, 0.25) is 0 Å². The third-order valence-corrected chi connectivity index (χ3v) is 3.71. The molecule has 0 bridgehead atoms. The van der Waals surface area contributed by atoms with Crippen LogP contribution in [0.5, 0.6) is 0 Å². The number of H-pyrrole nitrogens is 1. The van der Waals surface area contributed by atoms with Crippen LogP contribution in [0.15, 0.2) is 6.33 Å². The molecule has 7 heteroatoms. The van der Waals surface area contributed by atoms with E-state index in [0.717, 1.165) is 36.3 Å². The smallest absolute Gasteiger partial charge is 0.272 e. The maximum atomic E-state index is 12.2. The molecule has 2 heterocycles. The zero-order chi connectivity index (χ0) is 13.9. The first-order chi connectivity index (χ1) is 9.75. The van der Waals surface area contributed by atoms with Crippen LogP contribution in [0.25, 0.3) is 0 Å². The number of nitrogens with one attached hydrogen (secondary N) is 2. The van der Waals surface area contributed by atoms with Crippen molar-refractivity contribution in [1.82, 2.24) is 30.3 Å². The second-order valence-electron chi connectivity index (χ2n) is 5.04. The molecule has 0 spiro atoms. The quantitative estimate of drug-likeness (QED) is 0.844. The van der Waals surface area contributed by atoms with E-state index in [-0.39, 0.29) is 5.91 Å². The first-order valence-electron chi connectivity index (χ1n) is 6.93. The van der Waals surface area contributed by atoms with E-state index in [0.29, 0.717) is 18.7 Å². The molecular formula is C13H18N6O. The highest BCUT2D eigenvalue weighted by atomic mass is 16.1. The fourth-order valence-corrected chi connectivity index (χ4v) is 2.59. The SMILES string of the molecule is Cn1ncnc1CCNC(=O)c1n[nH]c2c1CCCC2. The lowest BCUT2D eigenvalue weighted by Gasteiger charge is -2.11. The van der Waals surface area contributed by atoms with Crippen molar-refractivity contribution in [2.24, 2.45) is 7.05 Å². The highest BCUT2D eigenvalue weighted by Crippen LogP contribution is 2.21. The molecule has 0 aromatic carbocycles. The number of aryl methyl sites for hydroxylation is 2. The van der Waals surface area contributed by atoms with Crippen LogP contribution in [-0.2, 0) is 26.3 Å². The molecule has 0 aliphatic heterocycles. The van der Waals surface area contributed by atoms with Crippen molar-refractivity contribution < 1.29 is 4.79 Å². The Hall–Kier alpha value is -2.18. The molecular weight excluding hydrogens is 256 g/mol. The minimum Gasteiger partial charge on any atom is -0.350 e. The van der Waals surface area contributed by atoms with E-state index in [9.17, 15) is 4.79 Å². The van der Waals surface area contributed by atoms with Gasteiger partial charge in [-0.3, -0.25) is 14.6 Å². The molecule has 106 valence electrons. The monoisotopic (exact) mass is 274 g/mol. The summed E-state index contributed by atoms with van der Waals surface area (Å²) >= 11 is 0. The van der Waals surface area contributed by atoms with E-state index in [4.69, 9.17) is 0 Å². The average molecular weight is 274 g/mol. The zero-order valence-electron chi connectivity index (χ0n) is 11.5. The molecule has 0 atom stereocenters. The van der Waals surface area contributed by atoms with Crippen molar-refractivity contribution in [1.29, 1.82) is 0 Å². The number of rotatable bonds is 4. The Morgan fingerprint density at radius 1 is 1.45 bits per heavy atom. The van der Waals surface area contributed by atoms with E-state index in [1.807, 2.05) is 7.05 Å².